The van der Waals surface area contributed by atoms with Gasteiger partial charge in [0.05, 0.1) is 12.5 Å². The fourth-order valence-corrected chi connectivity index (χ4v) is 3.10. The van der Waals surface area contributed by atoms with Crippen molar-refractivity contribution in [2.75, 3.05) is 6.54 Å². The molecule has 0 saturated carbocycles. The Morgan fingerprint density at radius 1 is 1.29 bits per heavy atom. The number of carbonyl (C=O) groups is 3. The first-order valence-corrected chi connectivity index (χ1v) is 8.31. The molecule has 1 fully saturated rings. The number of aliphatic carboxylic acids is 1. The first-order valence-electron chi connectivity index (χ1n) is 7.93. The van der Waals surface area contributed by atoms with Crippen LogP contribution in [0, 0.1) is 0 Å². The van der Waals surface area contributed by atoms with Gasteiger partial charge in [0.1, 0.15) is 6.04 Å². The number of carboxylic acids is 1. The first-order chi connectivity index (χ1) is 11.4. The van der Waals surface area contributed by atoms with Gasteiger partial charge in [0, 0.05) is 18.5 Å². The van der Waals surface area contributed by atoms with Crippen LogP contribution in [0.1, 0.15) is 44.2 Å². The van der Waals surface area contributed by atoms with E-state index >= 15 is 0 Å². The molecule has 1 aliphatic rings. The third-order valence-corrected chi connectivity index (χ3v) is 4.39. The summed E-state index contributed by atoms with van der Waals surface area (Å²) >= 11 is 5.88. The second-order valence-electron chi connectivity index (χ2n) is 5.95. The van der Waals surface area contributed by atoms with E-state index in [0.29, 0.717) is 18.0 Å². The van der Waals surface area contributed by atoms with Gasteiger partial charge in [0.15, 0.2) is 0 Å². The van der Waals surface area contributed by atoms with Crippen molar-refractivity contribution in [2.24, 2.45) is 0 Å². The van der Waals surface area contributed by atoms with Gasteiger partial charge in [-0.3, -0.25) is 9.59 Å². The molecule has 2 rings (SSSR count). The number of likely N-dealkylation sites (tertiary alicyclic amines) is 1. The Kier molecular flexibility index (Phi) is 6.20. The minimum atomic E-state index is -0.981. The third kappa shape index (κ3) is 4.71. The number of benzene rings is 1. The molecular formula is C17H21ClN2O4. The molecular weight excluding hydrogens is 332 g/mol. The zero-order valence-electron chi connectivity index (χ0n) is 13.5. The summed E-state index contributed by atoms with van der Waals surface area (Å²) in [5, 5.41) is 12.6. The standard InChI is InChI=1S/C17H21ClN2O4/c1-11(21)19-14(12-5-7-13(18)8-6-12)10-16(22)20-9-3-2-4-15(20)17(23)24/h5-8,14-15H,2-4,9-10H2,1H3,(H,19,21)(H,23,24)/t14?,15-/m1/s1. The molecule has 1 unspecified atom stereocenters. The number of hydrogen-bond acceptors (Lipinski definition) is 3. The molecule has 1 aromatic rings. The third-order valence-electron chi connectivity index (χ3n) is 4.14. The molecule has 0 aromatic heterocycles. The summed E-state index contributed by atoms with van der Waals surface area (Å²) in [5.41, 5.74) is 0.756. The van der Waals surface area contributed by atoms with Gasteiger partial charge in [-0.25, -0.2) is 4.79 Å². The lowest BCUT2D eigenvalue weighted by Crippen LogP contribution is -2.48. The van der Waals surface area contributed by atoms with Crippen molar-refractivity contribution in [3.63, 3.8) is 0 Å². The highest BCUT2D eigenvalue weighted by atomic mass is 35.5. The fourth-order valence-electron chi connectivity index (χ4n) is 2.97. The summed E-state index contributed by atoms with van der Waals surface area (Å²) in [7, 11) is 0. The summed E-state index contributed by atoms with van der Waals surface area (Å²) in [6.45, 7) is 1.82. The van der Waals surface area contributed by atoms with Gasteiger partial charge in [-0.05, 0) is 37.0 Å². The predicted octanol–water partition coefficient (Wildman–Crippen LogP) is 2.37. The highest BCUT2D eigenvalue weighted by molar-refractivity contribution is 6.30. The lowest BCUT2D eigenvalue weighted by atomic mass is 9.98. The molecule has 0 spiro atoms. The van der Waals surface area contributed by atoms with Crippen LogP contribution in [-0.2, 0) is 14.4 Å². The average Bonchev–Trinajstić information content (AvgIpc) is 2.54. The van der Waals surface area contributed by atoms with Gasteiger partial charge >= 0.3 is 5.97 Å². The molecule has 1 saturated heterocycles. The average molecular weight is 353 g/mol. The van der Waals surface area contributed by atoms with Gasteiger partial charge < -0.3 is 15.3 Å². The van der Waals surface area contributed by atoms with Gasteiger partial charge in [0.25, 0.3) is 0 Å². The van der Waals surface area contributed by atoms with Crippen LogP contribution < -0.4 is 5.32 Å². The van der Waals surface area contributed by atoms with Crippen LogP contribution >= 0.6 is 11.6 Å². The number of nitrogens with one attached hydrogen (secondary N) is 1. The summed E-state index contributed by atoms with van der Waals surface area (Å²) in [4.78, 5) is 36.9. The van der Waals surface area contributed by atoms with Crippen LogP contribution in [-0.4, -0.2) is 40.4 Å². The largest absolute Gasteiger partial charge is 0.480 e. The smallest absolute Gasteiger partial charge is 0.326 e. The van der Waals surface area contributed by atoms with E-state index in [2.05, 4.69) is 5.32 Å². The minimum Gasteiger partial charge on any atom is -0.480 e. The topological polar surface area (TPSA) is 86.7 Å². The highest BCUT2D eigenvalue weighted by Gasteiger charge is 2.33. The van der Waals surface area contributed by atoms with Crippen molar-refractivity contribution in [3.05, 3.63) is 34.9 Å². The summed E-state index contributed by atoms with van der Waals surface area (Å²) in [5.74, 6) is -1.50. The molecule has 7 heteroatoms. The molecule has 1 heterocycles. The zero-order valence-corrected chi connectivity index (χ0v) is 14.3. The Morgan fingerprint density at radius 3 is 2.54 bits per heavy atom. The molecule has 130 valence electrons. The Balaban J connectivity index is 2.15. The van der Waals surface area contributed by atoms with Crippen molar-refractivity contribution < 1.29 is 19.5 Å². The quantitative estimate of drug-likeness (QED) is 0.851. The number of hydrogen-bond donors (Lipinski definition) is 2. The maximum Gasteiger partial charge on any atom is 0.326 e. The Hall–Kier alpha value is -2.08. The lowest BCUT2D eigenvalue weighted by molar-refractivity contribution is -0.152. The second kappa shape index (κ2) is 8.15. The second-order valence-corrected chi connectivity index (χ2v) is 6.38. The van der Waals surface area contributed by atoms with E-state index < -0.39 is 18.1 Å². The molecule has 24 heavy (non-hydrogen) atoms. The summed E-state index contributed by atoms with van der Waals surface area (Å²) in [6, 6.07) is 5.59. The van der Waals surface area contributed by atoms with Gasteiger partial charge in [-0.2, -0.15) is 0 Å². The van der Waals surface area contributed by atoms with Crippen LogP contribution in [0.2, 0.25) is 5.02 Å². The van der Waals surface area contributed by atoms with E-state index in [0.717, 1.165) is 18.4 Å². The number of rotatable bonds is 5. The SMILES string of the molecule is CC(=O)NC(CC(=O)N1CCCC[C@@H]1C(=O)O)c1ccc(Cl)cc1. The Bertz CT molecular complexity index is 618. The summed E-state index contributed by atoms with van der Waals surface area (Å²) in [6.07, 6.45) is 2.08. The van der Waals surface area contributed by atoms with Crippen LogP contribution in [0.4, 0.5) is 0 Å². The molecule has 6 nitrogen and oxygen atoms in total. The number of halogens is 1. The van der Waals surface area contributed by atoms with Crippen LogP contribution in [0.5, 0.6) is 0 Å². The molecule has 1 aliphatic heterocycles. The monoisotopic (exact) mass is 352 g/mol. The molecule has 0 radical (unpaired) electrons. The normalized spacial score (nSPS) is 18.8. The number of carboxylic acid groups (broad SMARTS) is 1. The molecule has 2 atom stereocenters. The number of amides is 2. The van der Waals surface area contributed by atoms with Crippen LogP contribution in [0.3, 0.4) is 0 Å². The van der Waals surface area contributed by atoms with Crippen molar-refractivity contribution in [3.8, 4) is 0 Å². The molecule has 0 aliphatic carbocycles. The molecule has 2 N–H and O–H groups in total. The van der Waals surface area contributed by atoms with Crippen molar-refractivity contribution >= 4 is 29.4 Å². The predicted molar refractivity (Wildman–Crippen MR) is 89.6 cm³/mol. The van der Waals surface area contributed by atoms with E-state index in [1.165, 1.54) is 11.8 Å². The molecule has 2 amide bonds. The van der Waals surface area contributed by atoms with Crippen molar-refractivity contribution in [1.82, 2.24) is 10.2 Å². The number of piperidine rings is 1. The van der Waals surface area contributed by atoms with Gasteiger partial charge in [-0.1, -0.05) is 23.7 Å². The van der Waals surface area contributed by atoms with E-state index in [-0.39, 0.29) is 18.2 Å². The summed E-state index contributed by atoms with van der Waals surface area (Å²) < 4.78 is 0. The van der Waals surface area contributed by atoms with Crippen molar-refractivity contribution in [2.45, 2.75) is 44.7 Å². The van der Waals surface area contributed by atoms with Crippen molar-refractivity contribution in [1.29, 1.82) is 0 Å². The molecule has 1 aromatic carbocycles. The van der Waals surface area contributed by atoms with Crippen LogP contribution in [0.25, 0.3) is 0 Å². The minimum absolute atomic E-state index is 0.0188. The molecule has 0 bridgehead atoms. The van der Waals surface area contributed by atoms with E-state index in [9.17, 15) is 19.5 Å². The highest BCUT2D eigenvalue weighted by Crippen LogP contribution is 2.24. The van der Waals surface area contributed by atoms with E-state index in [1.807, 2.05) is 0 Å². The number of carbonyl (C=O) groups excluding carboxylic acids is 2. The fraction of sp³-hybridized carbons (Fsp3) is 0.471. The van der Waals surface area contributed by atoms with Gasteiger partial charge in [0.2, 0.25) is 11.8 Å². The first kappa shape index (κ1) is 18.3. The lowest BCUT2D eigenvalue weighted by Gasteiger charge is -2.34. The van der Waals surface area contributed by atoms with Gasteiger partial charge in [-0.15, -0.1) is 0 Å². The van der Waals surface area contributed by atoms with Crippen LogP contribution in [0.15, 0.2) is 24.3 Å². The Labute approximate surface area is 145 Å². The maximum atomic E-state index is 12.6. The maximum absolute atomic E-state index is 12.6. The zero-order chi connectivity index (χ0) is 17.7. The Morgan fingerprint density at radius 2 is 1.96 bits per heavy atom. The number of nitrogens with zero attached hydrogens (tertiary/aromatic N) is 1. The van der Waals surface area contributed by atoms with E-state index in [1.54, 1.807) is 24.3 Å². The van der Waals surface area contributed by atoms with E-state index in [4.69, 9.17) is 11.6 Å².